The van der Waals surface area contributed by atoms with Gasteiger partial charge in [0.25, 0.3) is 11.5 Å². The molecule has 0 atom stereocenters. The molecule has 4 rings (SSSR count). The Bertz CT molecular complexity index is 1660. The molecule has 0 fully saturated rings. The molecule has 0 radical (unpaired) electrons. The predicted molar refractivity (Wildman–Crippen MR) is 155 cm³/mol. The van der Waals surface area contributed by atoms with E-state index in [1.165, 1.54) is 29.2 Å². The number of pyridine rings is 2. The molecule has 2 aromatic heterocycles. The zero-order valence-corrected chi connectivity index (χ0v) is 22.6. The molecule has 2 heterocycles. The molecule has 0 unspecified atom stereocenters. The highest BCUT2D eigenvalue weighted by Gasteiger charge is 2.13. The third-order valence-corrected chi connectivity index (χ3v) is 6.56. The first-order chi connectivity index (χ1) is 18.7. The van der Waals surface area contributed by atoms with E-state index < -0.39 is 0 Å². The Hall–Kier alpha value is -4.63. The number of hydrogen-bond donors (Lipinski definition) is 3. The van der Waals surface area contributed by atoms with Gasteiger partial charge in [0.1, 0.15) is 11.6 Å². The van der Waals surface area contributed by atoms with Gasteiger partial charge in [-0.15, -0.1) is 0 Å². The van der Waals surface area contributed by atoms with E-state index in [1.54, 1.807) is 25.4 Å². The van der Waals surface area contributed by atoms with E-state index >= 15 is 0 Å². The summed E-state index contributed by atoms with van der Waals surface area (Å²) in [7, 11) is 1.60. The van der Waals surface area contributed by atoms with Gasteiger partial charge in [-0.2, -0.15) is 0 Å². The van der Waals surface area contributed by atoms with E-state index in [2.05, 4.69) is 15.3 Å². The number of nitrogens with zero attached hydrogens (tertiary/aromatic N) is 3. The van der Waals surface area contributed by atoms with Crippen molar-refractivity contribution in [1.82, 2.24) is 14.9 Å². The maximum absolute atomic E-state index is 12.8. The van der Waals surface area contributed by atoms with E-state index in [0.29, 0.717) is 29.7 Å². The first-order valence-electron chi connectivity index (χ1n) is 12.1. The summed E-state index contributed by atoms with van der Waals surface area (Å²) in [4.78, 5) is 33.5. The van der Waals surface area contributed by atoms with Crippen molar-refractivity contribution in [3.63, 3.8) is 0 Å². The Balaban J connectivity index is 1.37. The topological polar surface area (TPSA) is 138 Å². The number of hydrogen-bond acceptors (Lipinski definition) is 7. The smallest absolute Gasteiger partial charge is 0.293 e. The minimum Gasteiger partial charge on any atom is -0.452 e. The lowest BCUT2D eigenvalue weighted by molar-refractivity contribution is -0.117. The van der Waals surface area contributed by atoms with Crippen LogP contribution in [0.4, 0.5) is 5.82 Å². The summed E-state index contributed by atoms with van der Waals surface area (Å²) in [6.45, 7) is 4.63. The van der Waals surface area contributed by atoms with Gasteiger partial charge >= 0.3 is 0 Å². The summed E-state index contributed by atoms with van der Waals surface area (Å²) in [6.07, 6.45) is 5.87. The molecule has 0 saturated heterocycles. The molecule has 0 aliphatic carbocycles. The standard InChI is InChI=1S/C29H29ClN6O3/c1-17-10-24-23(8-9-34-27(24)32)18(2)25(17)15-35-28(37)20(12-31)14-33-13-19-4-6-22(7-5-19)39-26-11-21(30)16-36(3)29(26)38/h4-12,14,16H,13,15,31H2,1-3H3,(H2,32,34)(H,35,37)/b20-12+,33-14?. The van der Waals surface area contributed by atoms with Crippen molar-refractivity contribution in [2.75, 3.05) is 5.73 Å². The number of aromatic nitrogens is 2. The second kappa shape index (κ2) is 11.8. The largest absolute Gasteiger partial charge is 0.452 e. The maximum atomic E-state index is 12.8. The third kappa shape index (κ3) is 6.27. The highest BCUT2D eigenvalue weighted by Crippen LogP contribution is 2.28. The van der Waals surface area contributed by atoms with Gasteiger partial charge in [-0.3, -0.25) is 14.6 Å². The second-order valence-electron chi connectivity index (χ2n) is 9.05. The molecule has 39 heavy (non-hydrogen) atoms. The van der Waals surface area contributed by atoms with Crippen LogP contribution in [0, 0.1) is 13.8 Å². The molecule has 10 heteroatoms. The number of nitrogens with two attached hydrogens (primary N) is 2. The first-order valence-corrected chi connectivity index (χ1v) is 12.5. The van der Waals surface area contributed by atoms with Crippen molar-refractivity contribution >= 4 is 40.3 Å². The fourth-order valence-corrected chi connectivity index (χ4v) is 4.45. The number of anilines is 1. The third-order valence-electron chi connectivity index (χ3n) is 6.35. The number of nitrogen functional groups attached to an aromatic ring is 1. The lowest BCUT2D eigenvalue weighted by Gasteiger charge is -2.15. The Labute approximate surface area is 230 Å². The molecule has 9 nitrogen and oxygen atoms in total. The van der Waals surface area contributed by atoms with Crippen molar-refractivity contribution in [3.05, 3.63) is 104 Å². The van der Waals surface area contributed by atoms with Crippen LogP contribution in [0.1, 0.15) is 22.3 Å². The van der Waals surface area contributed by atoms with Gasteiger partial charge in [0, 0.05) is 49.9 Å². The molecule has 5 N–H and O–H groups in total. The van der Waals surface area contributed by atoms with Crippen LogP contribution < -0.4 is 27.1 Å². The van der Waals surface area contributed by atoms with Crippen LogP contribution in [-0.2, 0) is 24.9 Å². The summed E-state index contributed by atoms with van der Waals surface area (Å²) in [5.74, 6) is 0.770. The quantitative estimate of drug-likeness (QED) is 0.223. The molecular weight excluding hydrogens is 516 g/mol. The highest BCUT2D eigenvalue weighted by atomic mass is 35.5. The van der Waals surface area contributed by atoms with Crippen LogP contribution >= 0.6 is 11.6 Å². The predicted octanol–water partition coefficient (Wildman–Crippen LogP) is 4.31. The van der Waals surface area contributed by atoms with Crippen LogP contribution in [0.2, 0.25) is 5.02 Å². The molecule has 1 amide bonds. The molecule has 0 spiro atoms. The lowest BCUT2D eigenvalue weighted by atomic mass is 9.96. The number of carbonyl (C=O) groups is 1. The van der Waals surface area contributed by atoms with E-state index in [1.807, 2.05) is 38.1 Å². The van der Waals surface area contributed by atoms with E-state index in [9.17, 15) is 9.59 Å². The normalized spacial score (nSPS) is 11.7. The number of benzene rings is 2. The SMILES string of the molecule is Cc1cc2c(N)nccc2c(C)c1CNC(=O)/C(C=NCc1ccc(Oc2cc(Cl)cn(C)c2=O)cc1)=C/N. The van der Waals surface area contributed by atoms with Crippen molar-refractivity contribution in [2.24, 2.45) is 17.8 Å². The maximum Gasteiger partial charge on any atom is 0.293 e. The van der Waals surface area contributed by atoms with Crippen molar-refractivity contribution in [3.8, 4) is 11.5 Å². The lowest BCUT2D eigenvalue weighted by Crippen LogP contribution is -2.26. The minimum absolute atomic E-state index is 0.134. The first kappa shape index (κ1) is 27.4. The van der Waals surface area contributed by atoms with Crippen LogP contribution in [0.5, 0.6) is 11.5 Å². The molecule has 0 aliphatic heterocycles. The van der Waals surface area contributed by atoms with Gasteiger partial charge in [0.05, 0.1) is 17.1 Å². The number of rotatable bonds is 8. The van der Waals surface area contributed by atoms with Crippen molar-refractivity contribution in [1.29, 1.82) is 0 Å². The number of fused-ring (bicyclic) bond motifs is 1. The summed E-state index contributed by atoms with van der Waals surface area (Å²) in [6, 6.07) is 12.5. The van der Waals surface area contributed by atoms with E-state index in [-0.39, 0.29) is 22.8 Å². The molecule has 0 saturated carbocycles. The highest BCUT2D eigenvalue weighted by molar-refractivity contribution is 6.30. The number of nitrogens with one attached hydrogen (secondary N) is 1. The molecule has 2 aromatic carbocycles. The summed E-state index contributed by atoms with van der Waals surface area (Å²) < 4.78 is 7.04. The van der Waals surface area contributed by atoms with Gasteiger partial charge in [0.2, 0.25) is 0 Å². The zero-order chi connectivity index (χ0) is 28.1. The Morgan fingerprint density at radius 3 is 2.64 bits per heavy atom. The Morgan fingerprint density at radius 1 is 1.18 bits per heavy atom. The van der Waals surface area contributed by atoms with Crippen LogP contribution in [0.15, 0.2) is 76.4 Å². The monoisotopic (exact) mass is 544 g/mol. The van der Waals surface area contributed by atoms with Gasteiger partial charge in [-0.25, -0.2) is 4.98 Å². The molecule has 4 aromatic rings. The number of halogens is 1. The fourth-order valence-electron chi connectivity index (χ4n) is 4.20. The molecular formula is C29H29ClN6O3. The average molecular weight is 545 g/mol. The van der Waals surface area contributed by atoms with Gasteiger partial charge in [-0.1, -0.05) is 23.7 Å². The van der Waals surface area contributed by atoms with E-state index in [0.717, 1.165) is 33.0 Å². The van der Waals surface area contributed by atoms with Gasteiger partial charge < -0.3 is 26.1 Å². The van der Waals surface area contributed by atoms with Crippen LogP contribution in [0.25, 0.3) is 10.8 Å². The second-order valence-corrected chi connectivity index (χ2v) is 9.48. The summed E-state index contributed by atoms with van der Waals surface area (Å²) in [5.41, 5.74) is 15.6. The van der Waals surface area contributed by atoms with Crippen LogP contribution in [0.3, 0.4) is 0 Å². The minimum atomic E-state index is -0.332. The van der Waals surface area contributed by atoms with Crippen molar-refractivity contribution in [2.45, 2.75) is 26.9 Å². The summed E-state index contributed by atoms with van der Waals surface area (Å²) >= 11 is 6.02. The molecule has 0 aliphatic rings. The van der Waals surface area contributed by atoms with Crippen molar-refractivity contribution < 1.29 is 9.53 Å². The number of aliphatic imine (C=N–C) groups is 1. The van der Waals surface area contributed by atoms with Crippen LogP contribution in [-0.4, -0.2) is 21.7 Å². The number of aryl methyl sites for hydroxylation is 3. The Morgan fingerprint density at radius 2 is 1.92 bits per heavy atom. The zero-order valence-electron chi connectivity index (χ0n) is 21.9. The average Bonchev–Trinajstić information content (AvgIpc) is 2.91. The number of carbonyl (C=O) groups excluding carboxylic acids is 1. The number of amides is 1. The summed E-state index contributed by atoms with van der Waals surface area (Å²) in [5, 5.41) is 5.22. The fraction of sp³-hybridized carbons (Fsp3) is 0.172. The number of ether oxygens (including phenoxy) is 1. The van der Waals surface area contributed by atoms with Gasteiger partial charge in [-0.05, 0) is 65.8 Å². The Kier molecular flexibility index (Phi) is 8.31. The van der Waals surface area contributed by atoms with Gasteiger partial charge in [0.15, 0.2) is 5.75 Å². The molecule has 0 bridgehead atoms. The van der Waals surface area contributed by atoms with E-state index in [4.69, 9.17) is 27.8 Å². The molecule has 200 valence electrons.